The molecule has 0 aliphatic rings. The van der Waals surface area contributed by atoms with Crippen LogP contribution in [0.2, 0.25) is 0 Å². The van der Waals surface area contributed by atoms with Gasteiger partial charge in [-0.15, -0.1) is 0 Å². The Balaban J connectivity index is 2.48. The molecule has 1 amide bonds. The average molecular weight is 239 g/mol. The molecule has 17 heavy (non-hydrogen) atoms. The van der Waals surface area contributed by atoms with E-state index in [0.29, 0.717) is 6.54 Å². The van der Waals surface area contributed by atoms with Gasteiger partial charge in [-0.3, -0.25) is 14.3 Å². The van der Waals surface area contributed by atoms with E-state index in [9.17, 15) is 9.59 Å². The van der Waals surface area contributed by atoms with Crippen molar-refractivity contribution in [3.05, 3.63) is 17.5 Å². The highest BCUT2D eigenvalue weighted by Crippen LogP contribution is 2.03. The predicted molar refractivity (Wildman–Crippen MR) is 61.6 cm³/mol. The number of carboxylic acid groups (broad SMARTS) is 1. The number of amides is 1. The monoisotopic (exact) mass is 239 g/mol. The Labute approximate surface area is 99.8 Å². The lowest BCUT2D eigenvalue weighted by Crippen LogP contribution is -2.32. The minimum atomic E-state index is -1.01. The van der Waals surface area contributed by atoms with Crippen molar-refractivity contribution in [3.8, 4) is 0 Å². The van der Waals surface area contributed by atoms with Crippen LogP contribution in [0.5, 0.6) is 0 Å². The fourth-order valence-corrected chi connectivity index (χ4v) is 1.58. The summed E-state index contributed by atoms with van der Waals surface area (Å²) in [5.74, 6) is -1.20. The summed E-state index contributed by atoms with van der Waals surface area (Å²) < 4.78 is 1.75. The van der Waals surface area contributed by atoms with Gasteiger partial charge < -0.3 is 10.0 Å². The number of nitrogens with zero attached hydrogens (tertiary/aromatic N) is 3. The number of carbonyl (C=O) groups is 2. The molecule has 0 radical (unpaired) electrons. The van der Waals surface area contributed by atoms with Gasteiger partial charge in [0.25, 0.3) is 0 Å². The molecule has 1 N–H and O–H groups in total. The molecule has 0 aliphatic heterocycles. The van der Waals surface area contributed by atoms with Crippen LogP contribution in [0.15, 0.2) is 6.07 Å². The standard InChI is InChI=1S/C11H17N3O3/c1-8-6-9(2)14(12-8)5-4-10(15)13(3)7-11(16)17/h6H,4-5,7H2,1-3H3,(H,16,17). The van der Waals surface area contributed by atoms with Crippen molar-refractivity contribution in [1.82, 2.24) is 14.7 Å². The highest BCUT2D eigenvalue weighted by Gasteiger charge is 2.12. The molecule has 1 heterocycles. The summed E-state index contributed by atoms with van der Waals surface area (Å²) in [7, 11) is 1.48. The van der Waals surface area contributed by atoms with Gasteiger partial charge in [-0.2, -0.15) is 5.10 Å². The van der Waals surface area contributed by atoms with E-state index in [1.807, 2.05) is 19.9 Å². The number of hydrogen-bond donors (Lipinski definition) is 1. The van der Waals surface area contributed by atoms with Gasteiger partial charge in [-0.1, -0.05) is 0 Å². The second-order valence-corrected chi connectivity index (χ2v) is 4.04. The molecule has 1 aromatic rings. The minimum absolute atomic E-state index is 0.194. The number of aliphatic carboxylic acids is 1. The Bertz CT molecular complexity index is 426. The van der Waals surface area contributed by atoms with Crippen molar-refractivity contribution in [1.29, 1.82) is 0 Å². The van der Waals surface area contributed by atoms with Crippen LogP contribution in [0.25, 0.3) is 0 Å². The van der Waals surface area contributed by atoms with Crippen LogP contribution >= 0.6 is 0 Å². The molecule has 0 aliphatic carbocycles. The van der Waals surface area contributed by atoms with Gasteiger partial charge in [-0.25, -0.2) is 0 Å². The number of aryl methyl sites for hydroxylation is 3. The van der Waals surface area contributed by atoms with Crippen LogP contribution in [-0.2, 0) is 16.1 Å². The number of likely N-dealkylation sites (N-methyl/N-ethyl adjacent to an activating group) is 1. The van der Waals surface area contributed by atoms with E-state index in [4.69, 9.17) is 5.11 Å². The maximum atomic E-state index is 11.6. The Hall–Kier alpha value is -1.85. The highest BCUT2D eigenvalue weighted by molar-refractivity contribution is 5.80. The Morgan fingerprint density at radius 2 is 2.12 bits per heavy atom. The fraction of sp³-hybridized carbons (Fsp3) is 0.545. The topological polar surface area (TPSA) is 75.4 Å². The highest BCUT2D eigenvalue weighted by atomic mass is 16.4. The zero-order chi connectivity index (χ0) is 13.0. The summed E-state index contributed by atoms with van der Waals surface area (Å²) in [6.45, 7) is 4.02. The molecule has 6 heteroatoms. The van der Waals surface area contributed by atoms with Crippen LogP contribution in [0.3, 0.4) is 0 Å². The maximum Gasteiger partial charge on any atom is 0.323 e. The van der Waals surface area contributed by atoms with E-state index in [1.54, 1.807) is 4.68 Å². The lowest BCUT2D eigenvalue weighted by Gasteiger charge is -2.14. The van der Waals surface area contributed by atoms with Crippen molar-refractivity contribution < 1.29 is 14.7 Å². The van der Waals surface area contributed by atoms with Gasteiger partial charge in [0.15, 0.2) is 0 Å². The maximum absolute atomic E-state index is 11.6. The first-order chi connectivity index (χ1) is 7.90. The Morgan fingerprint density at radius 1 is 1.47 bits per heavy atom. The second kappa shape index (κ2) is 5.47. The summed E-state index contributed by atoms with van der Waals surface area (Å²) >= 11 is 0. The van der Waals surface area contributed by atoms with Crippen molar-refractivity contribution in [2.24, 2.45) is 0 Å². The zero-order valence-corrected chi connectivity index (χ0v) is 10.3. The minimum Gasteiger partial charge on any atom is -0.480 e. The summed E-state index contributed by atoms with van der Waals surface area (Å²) in [5, 5.41) is 12.8. The molecule has 1 rings (SSSR count). The lowest BCUT2D eigenvalue weighted by molar-refractivity contribution is -0.143. The van der Waals surface area contributed by atoms with Crippen molar-refractivity contribution >= 4 is 11.9 Å². The number of hydrogen-bond acceptors (Lipinski definition) is 3. The molecule has 0 aromatic carbocycles. The smallest absolute Gasteiger partial charge is 0.323 e. The summed E-state index contributed by atoms with van der Waals surface area (Å²) in [6, 6.07) is 1.94. The molecule has 6 nitrogen and oxygen atoms in total. The molecule has 0 fully saturated rings. The van der Waals surface area contributed by atoms with Gasteiger partial charge >= 0.3 is 5.97 Å². The summed E-state index contributed by atoms with van der Waals surface area (Å²) in [6.07, 6.45) is 0.256. The molecular weight excluding hydrogens is 222 g/mol. The summed E-state index contributed by atoms with van der Waals surface area (Å²) in [4.78, 5) is 23.2. The molecule has 1 aromatic heterocycles. The first-order valence-corrected chi connectivity index (χ1v) is 5.37. The SMILES string of the molecule is Cc1cc(C)n(CCC(=O)N(C)CC(=O)O)n1. The van der Waals surface area contributed by atoms with Gasteiger partial charge in [0, 0.05) is 25.7 Å². The van der Waals surface area contributed by atoms with E-state index in [2.05, 4.69) is 5.10 Å². The summed E-state index contributed by atoms with van der Waals surface area (Å²) in [5.41, 5.74) is 1.91. The van der Waals surface area contributed by atoms with E-state index in [0.717, 1.165) is 11.4 Å². The van der Waals surface area contributed by atoms with Crippen LogP contribution < -0.4 is 0 Å². The van der Waals surface area contributed by atoms with E-state index in [-0.39, 0.29) is 18.9 Å². The molecule has 0 spiro atoms. The number of rotatable bonds is 5. The number of carbonyl (C=O) groups excluding carboxylic acids is 1. The van der Waals surface area contributed by atoms with Crippen molar-refractivity contribution in [2.45, 2.75) is 26.8 Å². The van der Waals surface area contributed by atoms with E-state index in [1.165, 1.54) is 11.9 Å². The van der Waals surface area contributed by atoms with Gasteiger partial charge in [-0.05, 0) is 19.9 Å². The van der Waals surface area contributed by atoms with Crippen LogP contribution in [0, 0.1) is 13.8 Å². The molecule has 0 saturated heterocycles. The normalized spacial score (nSPS) is 10.3. The van der Waals surface area contributed by atoms with Crippen LogP contribution in [-0.4, -0.2) is 45.3 Å². The van der Waals surface area contributed by atoms with Gasteiger partial charge in [0.05, 0.1) is 5.69 Å². The number of carboxylic acids is 1. The quantitative estimate of drug-likeness (QED) is 0.808. The molecule has 94 valence electrons. The van der Waals surface area contributed by atoms with E-state index < -0.39 is 5.97 Å². The molecule has 0 atom stereocenters. The lowest BCUT2D eigenvalue weighted by atomic mass is 10.3. The fourth-order valence-electron chi connectivity index (χ4n) is 1.58. The van der Waals surface area contributed by atoms with Crippen molar-refractivity contribution in [2.75, 3.05) is 13.6 Å². The third kappa shape index (κ3) is 3.90. The molecule has 0 unspecified atom stereocenters. The van der Waals surface area contributed by atoms with Crippen molar-refractivity contribution in [3.63, 3.8) is 0 Å². The van der Waals surface area contributed by atoms with Gasteiger partial charge in [0.2, 0.25) is 5.91 Å². The predicted octanol–water partition coefficient (Wildman–Crippen LogP) is 0.433. The van der Waals surface area contributed by atoms with Crippen LogP contribution in [0.4, 0.5) is 0 Å². The van der Waals surface area contributed by atoms with E-state index >= 15 is 0 Å². The zero-order valence-electron chi connectivity index (χ0n) is 10.3. The first kappa shape index (κ1) is 13.2. The largest absolute Gasteiger partial charge is 0.480 e. The number of aromatic nitrogens is 2. The second-order valence-electron chi connectivity index (χ2n) is 4.04. The van der Waals surface area contributed by atoms with Gasteiger partial charge in [0.1, 0.15) is 6.54 Å². The Kier molecular flexibility index (Phi) is 4.25. The Morgan fingerprint density at radius 3 is 2.59 bits per heavy atom. The van der Waals surface area contributed by atoms with Crippen LogP contribution in [0.1, 0.15) is 17.8 Å². The first-order valence-electron chi connectivity index (χ1n) is 5.37. The molecular formula is C11H17N3O3. The molecule has 0 saturated carbocycles. The molecule has 0 bridgehead atoms. The average Bonchev–Trinajstić information content (AvgIpc) is 2.52. The third-order valence-corrected chi connectivity index (χ3v) is 2.44. The third-order valence-electron chi connectivity index (χ3n) is 2.44.